The fourth-order valence-electron chi connectivity index (χ4n) is 5.54. The van der Waals surface area contributed by atoms with Gasteiger partial charge >= 0.3 is 0 Å². The second kappa shape index (κ2) is 14.4. The van der Waals surface area contributed by atoms with E-state index in [1.54, 1.807) is 0 Å². The summed E-state index contributed by atoms with van der Waals surface area (Å²) in [6, 6.07) is 64.8. The van der Waals surface area contributed by atoms with Gasteiger partial charge in [0.25, 0.3) is 0 Å². The SMILES string of the molecule is Cc1ccc(-c2ccc(N(c3cccc(-c4ccccc4)c3)c3cccc(-c4ccccc4)c3)cc2)cc1.Cc1ccc(C)cc1. The van der Waals surface area contributed by atoms with Crippen molar-refractivity contribution >= 4 is 17.1 Å². The Bertz CT molecular complexity index is 1870. The van der Waals surface area contributed by atoms with Crippen molar-refractivity contribution in [2.24, 2.45) is 0 Å². The molecule has 0 heterocycles. The van der Waals surface area contributed by atoms with Crippen molar-refractivity contribution in [2.45, 2.75) is 20.8 Å². The first-order valence-corrected chi connectivity index (χ1v) is 15.8. The minimum Gasteiger partial charge on any atom is -0.310 e. The van der Waals surface area contributed by atoms with Gasteiger partial charge in [-0.1, -0.05) is 162 Å². The Kier molecular flexibility index (Phi) is 9.52. The number of rotatable bonds is 6. The van der Waals surface area contributed by atoms with Gasteiger partial charge < -0.3 is 4.90 Å². The lowest BCUT2D eigenvalue weighted by atomic mass is 10.0. The summed E-state index contributed by atoms with van der Waals surface area (Å²) in [6.07, 6.45) is 0. The molecule has 7 rings (SSSR count). The van der Waals surface area contributed by atoms with Crippen molar-refractivity contribution < 1.29 is 0 Å². The van der Waals surface area contributed by atoms with E-state index in [0.29, 0.717) is 0 Å². The van der Waals surface area contributed by atoms with E-state index in [4.69, 9.17) is 0 Å². The third-order valence-electron chi connectivity index (χ3n) is 8.15. The number of hydrogen-bond donors (Lipinski definition) is 0. The molecule has 1 heteroatoms. The van der Waals surface area contributed by atoms with Gasteiger partial charge in [0.05, 0.1) is 0 Å². The van der Waals surface area contributed by atoms with Crippen molar-refractivity contribution in [3.05, 3.63) is 199 Å². The van der Waals surface area contributed by atoms with E-state index < -0.39 is 0 Å². The van der Waals surface area contributed by atoms with Crippen LogP contribution in [0.3, 0.4) is 0 Å². The maximum Gasteiger partial charge on any atom is 0.0467 e. The largest absolute Gasteiger partial charge is 0.310 e. The molecule has 0 radical (unpaired) electrons. The Balaban J connectivity index is 0.000000407. The van der Waals surface area contributed by atoms with Gasteiger partial charge in [-0.05, 0) is 90.6 Å². The third kappa shape index (κ3) is 7.52. The summed E-state index contributed by atoms with van der Waals surface area (Å²) in [5.41, 5.74) is 14.6. The molecule has 0 bridgehead atoms. The Morgan fingerprint density at radius 2 is 0.587 bits per heavy atom. The van der Waals surface area contributed by atoms with Crippen LogP contribution in [0, 0.1) is 20.8 Å². The second-order valence-corrected chi connectivity index (χ2v) is 11.7. The van der Waals surface area contributed by atoms with Crippen LogP contribution in [0.15, 0.2) is 182 Å². The number of anilines is 3. The molecule has 0 saturated carbocycles. The van der Waals surface area contributed by atoms with Crippen LogP contribution in [-0.4, -0.2) is 0 Å². The lowest BCUT2D eigenvalue weighted by Gasteiger charge is -2.27. The highest BCUT2D eigenvalue weighted by molar-refractivity contribution is 5.83. The highest BCUT2D eigenvalue weighted by Crippen LogP contribution is 2.38. The zero-order valence-electron chi connectivity index (χ0n) is 26.8. The molecule has 0 fully saturated rings. The molecule has 0 unspecified atom stereocenters. The van der Waals surface area contributed by atoms with Gasteiger partial charge in [0, 0.05) is 17.1 Å². The Labute approximate surface area is 274 Å². The van der Waals surface area contributed by atoms with Crippen LogP contribution in [0.5, 0.6) is 0 Å². The summed E-state index contributed by atoms with van der Waals surface area (Å²) in [5.74, 6) is 0. The van der Waals surface area contributed by atoms with Crippen molar-refractivity contribution in [3.63, 3.8) is 0 Å². The molecule has 224 valence electrons. The Hall–Kier alpha value is -5.66. The molecule has 0 aliphatic heterocycles. The fourth-order valence-corrected chi connectivity index (χ4v) is 5.54. The van der Waals surface area contributed by atoms with Gasteiger partial charge in [0.2, 0.25) is 0 Å². The molecule has 0 aliphatic rings. The van der Waals surface area contributed by atoms with Crippen LogP contribution in [0.4, 0.5) is 17.1 Å². The van der Waals surface area contributed by atoms with E-state index in [2.05, 4.69) is 208 Å². The molecule has 0 atom stereocenters. The van der Waals surface area contributed by atoms with E-state index in [1.807, 2.05) is 0 Å². The van der Waals surface area contributed by atoms with Crippen molar-refractivity contribution in [1.29, 1.82) is 0 Å². The summed E-state index contributed by atoms with van der Waals surface area (Å²) >= 11 is 0. The number of hydrogen-bond acceptors (Lipinski definition) is 1. The predicted octanol–water partition coefficient (Wildman–Crippen LogP) is 12.8. The average molecular weight is 594 g/mol. The highest BCUT2D eigenvalue weighted by Gasteiger charge is 2.15. The molecule has 0 saturated heterocycles. The molecule has 7 aromatic rings. The second-order valence-electron chi connectivity index (χ2n) is 11.7. The summed E-state index contributed by atoms with van der Waals surface area (Å²) in [6.45, 7) is 6.32. The van der Waals surface area contributed by atoms with Gasteiger partial charge in [-0.15, -0.1) is 0 Å². The minimum atomic E-state index is 1.12. The van der Waals surface area contributed by atoms with Gasteiger partial charge in [0.1, 0.15) is 0 Å². The first kappa shape index (κ1) is 30.4. The average Bonchev–Trinajstić information content (AvgIpc) is 3.12. The molecule has 0 aliphatic carbocycles. The normalized spacial score (nSPS) is 10.5. The zero-order valence-corrected chi connectivity index (χ0v) is 26.8. The standard InChI is InChI=1S/C37H29N.C8H10/c1-28-18-20-31(21-19-28)32-22-24-35(25-23-32)38(36-16-8-14-33(26-36)29-10-4-2-5-11-29)37-17-9-15-34(27-37)30-12-6-3-7-13-30;1-7-3-5-8(2)6-4-7/h2-27H,1H3;3-6H,1-2H3. The van der Waals surface area contributed by atoms with Gasteiger partial charge in [-0.2, -0.15) is 0 Å². The maximum atomic E-state index is 2.35. The molecule has 0 aromatic heterocycles. The van der Waals surface area contributed by atoms with Crippen molar-refractivity contribution in [1.82, 2.24) is 0 Å². The third-order valence-corrected chi connectivity index (χ3v) is 8.15. The summed E-state index contributed by atoms with van der Waals surface area (Å²) in [4.78, 5) is 2.35. The highest BCUT2D eigenvalue weighted by atomic mass is 15.1. The van der Waals surface area contributed by atoms with Gasteiger partial charge in [-0.25, -0.2) is 0 Å². The smallest absolute Gasteiger partial charge is 0.0467 e. The lowest BCUT2D eigenvalue weighted by molar-refractivity contribution is 1.28. The number of nitrogens with zero attached hydrogens (tertiary/aromatic N) is 1. The van der Waals surface area contributed by atoms with Crippen molar-refractivity contribution in [3.8, 4) is 33.4 Å². The molecule has 0 N–H and O–H groups in total. The van der Waals surface area contributed by atoms with Gasteiger partial charge in [0.15, 0.2) is 0 Å². The number of benzene rings is 7. The minimum absolute atomic E-state index is 1.12. The molecular weight excluding hydrogens is 555 g/mol. The van der Waals surface area contributed by atoms with Gasteiger partial charge in [-0.3, -0.25) is 0 Å². The van der Waals surface area contributed by atoms with E-state index in [-0.39, 0.29) is 0 Å². The molecule has 1 nitrogen and oxygen atoms in total. The molecule has 7 aromatic carbocycles. The quantitative estimate of drug-likeness (QED) is 0.185. The predicted molar refractivity (Wildman–Crippen MR) is 198 cm³/mol. The zero-order chi connectivity index (χ0) is 31.7. The Morgan fingerprint density at radius 1 is 0.261 bits per heavy atom. The van der Waals surface area contributed by atoms with Crippen LogP contribution in [0.2, 0.25) is 0 Å². The summed E-state index contributed by atoms with van der Waals surface area (Å²) in [5, 5.41) is 0. The first-order valence-electron chi connectivity index (χ1n) is 15.8. The molecule has 46 heavy (non-hydrogen) atoms. The van der Waals surface area contributed by atoms with Crippen LogP contribution in [0.1, 0.15) is 16.7 Å². The number of aryl methyl sites for hydroxylation is 3. The Morgan fingerprint density at radius 3 is 1.00 bits per heavy atom. The van der Waals surface area contributed by atoms with Crippen LogP contribution >= 0.6 is 0 Å². The summed E-state index contributed by atoms with van der Waals surface area (Å²) < 4.78 is 0. The van der Waals surface area contributed by atoms with E-state index >= 15 is 0 Å². The van der Waals surface area contributed by atoms with Crippen LogP contribution < -0.4 is 4.90 Å². The van der Waals surface area contributed by atoms with E-state index in [9.17, 15) is 0 Å². The van der Waals surface area contributed by atoms with E-state index in [0.717, 1.165) is 17.1 Å². The fraction of sp³-hybridized carbons (Fsp3) is 0.0667. The summed E-state index contributed by atoms with van der Waals surface area (Å²) in [7, 11) is 0. The molecular formula is C45H39N. The molecule has 0 spiro atoms. The van der Waals surface area contributed by atoms with E-state index in [1.165, 1.54) is 50.1 Å². The topological polar surface area (TPSA) is 3.24 Å². The van der Waals surface area contributed by atoms with Crippen molar-refractivity contribution in [2.75, 3.05) is 4.90 Å². The van der Waals surface area contributed by atoms with Crippen LogP contribution in [0.25, 0.3) is 33.4 Å². The first-order chi connectivity index (χ1) is 22.5. The monoisotopic (exact) mass is 593 g/mol. The molecule has 0 amide bonds. The lowest BCUT2D eigenvalue weighted by Crippen LogP contribution is -2.10. The van der Waals surface area contributed by atoms with Crippen LogP contribution in [-0.2, 0) is 0 Å². The maximum absolute atomic E-state index is 2.35.